The first-order valence-corrected chi connectivity index (χ1v) is 10.6. The summed E-state index contributed by atoms with van der Waals surface area (Å²) in [6, 6.07) is -0.671. The molecule has 4 rings (SSSR count). The lowest BCUT2D eigenvalue weighted by atomic mass is 10.1. The van der Waals surface area contributed by atoms with Gasteiger partial charge in [0.05, 0.1) is 19.8 Å². The van der Waals surface area contributed by atoms with Crippen LogP contribution in [0.2, 0.25) is 0 Å². The number of hydrogen-bond donors (Lipinski definition) is 1. The molecule has 0 saturated carbocycles. The van der Waals surface area contributed by atoms with Crippen molar-refractivity contribution in [1.29, 1.82) is 0 Å². The summed E-state index contributed by atoms with van der Waals surface area (Å²) in [7, 11) is 0. The van der Waals surface area contributed by atoms with Crippen molar-refractivity contribution in [3.8, 4) is 0 Å². The number of thioether (sulfide) groups is 1. The highest BCUT2D eigenvalue weighted by molar-refractivity contribution is 8.01. The first-order valence-electron chi connectivity index (χ1n) is 9.57. The Bertz CT molecular complexity index is 661. The fourth-order valence-electron chi connectivity index (χ4n) is 4.18. The van der Waals surface area contributed by atoms with Crippen molar-refractivity contribution in [2.45, 2.75) is 23.9 Å². The first-order chi connectivity index (χ1) is 13.6. The second kappa shape index (κ2) is 7.88. The zero-order chi connectivity index (χ0) is 19.7. The predicted octanol–water partition coefficient (Wildman–Crippen LogP) is -1.79. The van der Waals surface area contributed by atoms with E-state index in [4.69, 9.17) is 9.47 Å². The lowest BCUT2D eigenvalue weighted by Crippen LogP contribution is -2.76. The van der Waals surface area contributed by atoms with Crippen LogP contribution in [0.25, 0.3) is 0 Å². The van der Waals surface area contributed by atoms with E-state index in [-0.39, 0.29) is 31.5 Å². The van der Waals surface area contributed by atoms with Crippen molar-refractivity contribution >= 4 is 35.5 Å². The van der Waals surface area contributed by atoms with Gasteiger partial charge in [-0.3, -0.25) is 19.3 Å². The molecule has 4 heterocycles. The fourth-order valence-corrected chi connectivity index (χ4v) is 5.69. The highest BCUT2D eigenvalue weighted by Crippen LogP contribution is 2.41. The van der Waals surface area contributed by atoms with Crippen LogP contribution in [0, 0.1) is 0 Å². The molecule has 10 nitrogen and oxygen atoms in total. The number of ether oxygens (including phenoxy) is 2. The van der Waals surface area contributed by atoms with Crippen molar-refractivity contribution in [3.05, 3.63) is 0 Å². The Labute approximate surface area is 166 Å². The van der Waals surface area contributed by atoms with Gasteiger partial charge in [0, 0.05) is 31.9 Å². The van der Waals surface area contributed by atoms with Crippen molar-refractivity contribution in [1.82, 2.24) is 20.0 Å². The second-order valence-electron chi connectivity index (χ2n) is 7.10. The van der Waals surface area contributed by atoms with Crippen LogP contribution >= 0.6 is 11.8 Å². The van der Waals surface area contributed by atoms with E-state index in [0.717, 1.165) is 0 Å². The molecule has 28 heavy (non-hydrogen) atoms. The van der Waals surface area contributed by atoms with Gasteiger partial charge in [0.2, 0.25) is 10.9 Å². The van der Waals surface area contributed by atoms with Gasteiger partial charge in [-0.1, -0.05) is 11.8 Å². The molecule has 1 N–H and O–H groups in total. The normalized spacial score (nSPS) is 32.6. The van der Waals surface area contributed by atoms with E-state index in [9.17, 15) is 19.2 Å². The van der Waals surface area contributed by atoms with Crippen molar-refractivity contribution < 1.29 is 28.7 Å². The maximum absolute atomic E-state index is 13.8. The molecule has 0 aromatic heterocycles. The third-order valence-corrected chi connectivity index (χ3v) is 6.90. The topological polar surface area (TPSA) is 108 Å². The van der Waals surface area contributed by atoms with Gasteiger partial charge in [0.25, 0.3) is 11.8 Å². The van der Waals surface area contributed by atoms with Gasteiger partial charge in [-0.2, -0.15) is 0 Å². The molecule has 0 spiro atoms. The highest BCUT2D eigenvalue weighted by Gasteiger charge is 2.59. The number of hydrogen-bond acceptors (Lipinski definition) is 8. The van der Waals surface area contributed by atoms with Crippen LogP contribution in [0.5, 0.6) is 0 Å². The Balaban J connectivity index is 1.73. The predicted molar refractivity (Wildman–Crippen MR) is 98.0 cm³/mol. The molecule has 0 aromatic carbocycles. The monoisotopic (exact) mass is 412 g/mol. The number of nitrogens with one attached hydrogen (secondary N) is 1. The number of carbonyl (C=O) groups excluding carboxylic acids is 4. The van der Waals surface area contributed by atoms with Crippen molar-refractivity contribution in [2.75, 3.05) is 58.3 Å². The molecule has 0 radical (unpaired) electrons. The number of nitrogens with zero attached hydrogens (tertiary/aromatic N) is 3. The summed E-state index contributed by atoms with van der Waals surface area (Å²) in [4.78, 5) is 54.6. The molecule has 2 atom stereocenters. The molecule has 0 aliphatic carbocycles. The van der Waals surface area contributed by atoms with Crippen LogP contribution in [-0.2, 0) is 28.7 Å². The average molecular weight is 412 g/mol. The van der Waals surface area contributed by atoms with Crippen LogP contribution in [0.3, 0.4) is 0 Å². The van der Waals surface area contributed by atoms with E-state index in [1.165, 1.54) is 26.5 Å². The third kappa shape index (κ3) is 3.15. The molecule has 2 unspecified atom stereocenters. The van der Waals surface area contributed by atoms with Gasteiger partial charge in [0.1, 0.15) is 12.6 Å². The highest BCUT2D eigenvalue weighted by atomic mass is 32.2. The molecule has 4 aliphatic rings. The van der Waals surface area contributed by atoms with Gasteiger partial charge in [-0.25, -0.2) is 4.79 Å². The van der Waals surface area contributed by atoms with E-state index in [1.807, 2.05) is 0 Å². The summed E-state index contributed by atoms with van der Waals surface area (Å²) < 4.78 is 10.4. The first kappa shape index (κ1) is 19.5. The molecule has 154 valence electrons. The lowest BCUT2D eigenvalue weighted by molar-refractivity contribution is -0.177. The Morgan fingerprint density at radius 1 is 1.04 bits per heavy atom. The molecule has 4 aliphatic heterocycles. The number of carbonyl (C=O) groups is 4. The minimum Gasteiger partial charge on any atom is -0.464 e. The summed E-state index contributed by atoms with van der Waals surface area (Å²) in [6.07, 6.45) is 1.21. The van der Waals surface area contributed by atoms with Gasteiger partial charge in [-0.15, -0.1) is 0 Å². The quantitative estimate of drug-likeness (QED) is 0.542. The average Bonchev–Trinajstić information content (AvgIpc) is 2.70. The molecular formula is C17H24N4O6S. The zero-order valence-corrected chi connectivity index (χ0v) is 16.4. The summed E-state index contributed by atoms with van der Waals surface area (Å²) in [5.41, 5.74) is 0. The van der Waals surface area contributed by atoms with Gasteiger partial charge >= 0.3 is 5.97 Å². The maximum atomic E-state index is 13.8. The van der Waals surface area contributed by atoms with E-state index in [0.29, 0.717) is 51.4 Å². The smallest absolute Gasteiger partial charge is 0.328 e. The van der Waals surface area contributed by atoms with Crippen molar-refractivity contribution in [2.24, 2.45) is 0 Å². The molecule has 3 amide bonds. The minimum atomic E-state index is -1.48. The van der Waals surface area contributed by atoms with Gasteiger partial charge < -0.3 is 24.6 Å². The number of piperazine rings is 1. The van der Waals surface area contributed by atoms with E-state index in [1.54, 1.807) is 0 Å². The Hall–Kier alpha value is -1.85. The number of esters is 1. The van der Waals surface area contributed by atoms with Crippen LogP contribution in [-0.4, -0.2) is 108 Å². The summed E-state index contributed by atoms with van der Waals surface area (Å²) in [5, 5.41) is 3.00. The van der Waals surface area contributed by atoms with Gasteiger partial charge in [0.15, 0.2) is 0 Å². The molecule has 11 heteroatoms. The van der Waals surface area contributed by atoms with Crippen LogP contribution in [0.1, 0.15) is 12.8 Å². The summed E-state index contributed by atoms with van der Waals surface area (Å²) in [5.74, 6) is -0.860. The number of rotatable bonds is 3. The molecule has 4 saturated heterocycles. The van der Waals surface area contributed by atoms with E-state index in [2.05, 4.69) is 5.32 Å². The molecule has 0 aromatic rings. The van der Waals surface area contributed by atoms with E-state index < -0.39 is 22.9 Å². The Morgan fingerprint density at radius 3 is 2.61 bits per heavy atom. The number of cyclic esters (lactones) is 1. The maximum Gasteiger partial charge on any atom is 0.328 e. The fraction of sp³-hybridized carbons (Fsp3) is 0.765. The second-order valence-corrected chi connectivity index (χ2v) is 8.37. The van der Waals surface area contributed by atoms with Crippen LogP contribution < -0.4 is 5.32 Å². The summed E-state index contributed by atoms with van der Waals surface area (Å²) >= 11 is 1.29. The largest absolute Gasteiger partial charge is 0.464 e. The summed E-state index contributed by atoms with van der Waals surface area (Å²) in [6.45, 7) is 2.08. The van der Waals surface area contributed by atoms with Crippen molar-refractivity contribution in [3.63, 3.8) is 0 Å². The van der Waals surface area contributed by atoms with E-state index >= 15 is 0 Å². The third-order valence-electron chi connectivity index (χ3n) is 5.50. The minimum absolute atomic E-state index is 0.111. The zero-order valence-electron chi connectivity index (χ0n) is 15.6. The SMILES string of the molecule is O=C1OCCCC1N1CCSC(N2CCNCC2=O)(N2CCOCC2=O)C1=O. The Kier molecular flexibility index (Phi) is 5.48. The van der Waals surface area contributed by atoms with Crippen LogP contribution in [0.15, 0.2) is 0 Å². The van der Waals surface area contributed by atoms with Crippen LogP contribution in [0.4, 0.5) is 0 Å². The van der Waals surface area contributed by atoms with Gasteiger partial charge in [-0.05, 0) is 12.8 Å². The number of amides is 3. The molecule has 0 bridgehead atoms. The number of morpholine rings is 1. The molecule has 4 fully saturated rings. The standard InChI is InChI=1S/C17H24N4O6S/c22-13-10-18-3-4-20(13)17(21-5-8-26-11-14(21)23)16(25)19(6-9-28-17)12-2-1-7-27-15(12)24/h12,18H,1-11H2. The lowest BCUT2D eigenvalue weighted by Gasteiger charge is -2.54. The molecular weight excluding hydrogens is 388 g/mol. The Morgan fingerprint density at radius 2 is 1.86 bits per heavy atom.